The first-order valence-corrected chi connectivity index (χ1v) is 7.09. The van der Waals surface area contributed by atoms with Gasteiger partial charge in [0, 0.05) is 11.7 Å². The minimum atomic E-state index is 0.223. The Hall–Kier alpha value is -2.27. The van der Waals surface area contributed by atoms with Crippen LogP contribution in [-0.2, 0) is 6.42 Å². The Bertz CT molecular complexity index is 594. The number of para-hydroxylation sites is 1. The molecule has 2 rings (SSSR count). The van der Waals surface area contributed by atoms with Crippen LogP contribution in [0.1, 0.15) is 43.0 Å². The highest BCUT2D eigenvalue weighted by atomic mass is 14.9. The molecule has 0 saturated heterocycles. The van der Waals surface area contributed by atoms with Crippen LogP contribution < -0.4 is 5.32 Å². The van der Waals surface area contributed by atoms with Crippen molar-refractivity contribution in [3.05, 3.63) is 65.2 Å². The molecule has 0 aliphatic rings. The maximum absolute atomic E-state index is 8.83. The van der Waals surface area contributed by atoms with Gasteiger partial charge in [-0.1, -0.05) is 43.7 Å². The van der Waals surface area contributed by atoms with Gasteiger partial charge < -0.3 is 5.32 Å². The standard InChI is InChI=1S/C18H20N2/c1-3-6-17-7-4-5-8-18(17)20-14(2)16-11-9-15(13-19)10-12-16/h4-5,7-12,14,20H,3,6H2,1-2H3. The Balaban J connectivity index is 2.14. The molecule has 1 unspecified atom stereocenters. The van der Waals surface area contributed by atoms with Crippen molar-refractivity contribution in [2.24, 2.45) is 0 Å². The fraction of sp³-hybridized carbons (Fsp3) is 0.278. The topological polar surface area (TPSA) is 35.8 Å². The van der Waals surface area contributed by atoms with Gasteiger partial charge in [-0.2, -0.15) is 5.26 Å². The number of nitrogens with one attached hydrogen (secondary N) is 1. The van der Waals surface area contributed by atoms with E-state index in [4.69, 9.17) is 5.26 Å². The Morgan fingerprint density at radius 3 is 2.45 bits per heavy atom. The third-order valence-electron chi connectivity index (χ3n) is 3.45. The molecule has 0 radical (unpaired) electrons. The van der Waals surface area contributed by atoms with Crippen molar-refractivity contribution in [3.8, 4) is 6.07 Å². The second kappa shape index (κ2) is 6.77. The zero-order valence-electron chi connectivity index (χ0n) is 12.1. The van der Waals surface area contributed by atoms with Crippen LogP contribution in [-0.4, -0.2) is 0 Å². The molecule has 1 N–H and O–H groups in total. The zero-order chi connectivity index (χ0) is 14.4. The molecule has 2 nitrogen and oxygen atoms in total. The van der Waals surface area contributed by atoms with E-state index >= 15 is 0 Å². The Labute approximate surface area is 121 Å². The summed E-state index contributed by atoms with van der Waals surface area (Å²) in [6.07, 6.45) is 2.23. The number of nitriles is 1. The first kappa shape index (κ1) is 14.1. The predicted molar refractivity (Wildman–Crippen MR) is 83.6 cm³/mol. The summed E-state index contributed by atoms with van der Waals surface area (Å²) in [5.41, 5.74) is 4.45. The second-order valence-electron chi connectivity index (χ2n) is 5.01. The quantitative estimate of drug-likeness (QED) is 0.850. The molecule has 0 bridgehead atoms. The monoisotopic (exact) mass is 264 g/mol. The zero-order valence-corrected chi connectivity index (χ0v) is 12.1. The number of nitrogens with zero attached hydrogens (tertiary/aromatic N) is 1. The van der Waals surface area contributed by atoms with E-state index in [0.29, 0.717) is 5.56 Å². The summed E-state index contributed by atoms with van der Waals surface area (Å²) in [7, 11) is 0. The Morgan fingerprint density at radius 2 is 1.80 bits per heavy atom. The number of anilines is 1. The van der Waals surface area contributed by atoms with Gasteiger partial charge in [0.1, 0.15) is 0 Å². The van der Waals surface area contributed by atoms with E-state index < -0.39 is 0 Å². The van der Waals surface area contributed by atoms with Gasteiger partial charge in [-0.15, -0.1) is 0 Å². The summed E-state index contributed by atoms with van der Waals surface area (Å²) in [5.74, 6) is 0. The molecule has 0 aliphatic carbocycles. The number of aryl methyl sites for hydroxylation is 1. The first-order chi connectivity index (χ1) is 9.74. The minimum Gasteiger partial charge on any atom is -0.378 e. The third-order valence-corrected chi connectivity index (χ3v) is 3.45. The summed E-state index contributed by atoms with van der Waals surface area (Å²) >= 11 is 0. The van der Waals surface area contributed by atoms with Crippen molar-refractivity contribution in [3.63, 3.8) is 0 Å². The van der Waals surface area contributed by atoms with Gasteiger partial charge in [0.05, 0.1) is 11.6 Å². The highest BCUT2D eigenvalue weighted by molar-refractivity contribution is 5.52. The van der Waals surface area contributed by atoms with E-state index in [9.17, 15) is 0 Å². The van der Waals surface area contributed by atoms with Gasteiger partial charge in [0.15, 0.2) is 0 Å². The van der Waals surface area contributed by atoms with Gasteiger partial charge >= 0.3 is 0 Å². The van der Waals surface area contributed by atoms with Crippen LogP contribution >= 0.6 is 0 Å². The van der Waals surface area contributed by atoms with Crippen LogP contribution in [0.3, 0.4) is 0 Å². The molecule has 2 aromatic carbocycles. The fourth-order valence-corrected chi connectivity index (χ4v) is 2.31. The lowest BCUT2D eigenvalue weighted by molar-refractivity contribution is 0.867. The van der Waals surface area contributed by atoms with Crippen LogP contribution in [0, 0.1) is 11.3 Å². The molecule has 0 saturated carbocycles. The largest absolute Gasteiger partial charge is 0.378 e. The van der Waals surface area contributed by atoms with Crippen molar-refractivity contribution in [1.29, 1.82) is 5.26 Å². The van der Waals surface area contributed by atoms with Crippen molar-refractivity contribution < 1.29 is 0 Å². The van der Waals surface area contributed by atoms with Crippen LogP contribution in [0.25, 0.3) is 0 Å². The normalized spacial score (nSPS) is 11.7. The average Bonchev–Trinajstić information content (AvgIpc) is 2.49. The summed E-state index contributed by atoms with van der Waals surface area (Å²) in [4.78, 5) is 0. The smallest absolute Gasteiger partial charge is 0.0991 e. The molecule has 20 heavy (non-hydrogen) atoms. The first-order valence-electron chi connectivity index (χ1n) is 7.09. The van der Waals surface area contributed by atoms with E-state index in [-0.39, 0.29) is 6.04 Å². The number of rotatable bonds is 5. The lowest BCUT2D eigenvalue weighted by Gasteiger charge is -2.18. The van der Waals surface area contributed by atoms with Gasteiger partial charge in [-0.25, -0.2) is 0 Å². The SMILES string of the molecule is CCCc1ccccc1NC(C)c1ccc(C#N)cc1. The van der Waals surface area contributed by atoms with Gasteiger partial charge in [0.25, 0.3) is 0 Å². The highest BCUT2D eigenvalue weighted by Gasteiger charge is 2.07. The van der Waals surface area contributed by atoms with Gasteiger partial charge in [-0.05, 0) is 42.7 Å². The molecule has 2 aromatic rings. The number of benzene rings is 2. The van der Waals surface area contributed by atoms with Crippen molar-refractivity contribution >= 4 is 5.69 Å². The van der Waals surface area contributed by atoms with E-state index in [1.807, 2.05) is 24.3 Å². The number of hydrogen-bond donors (Lipinski definition) is 1. The summed E-state index contributed by atoms with van der Waals surface area (Å²) in [6, 6.07) is 18.6. The van der Waals surface area contributed by atoms with Gasteiger partial charge in [-0.3, -0.25) is 0 Å². The van der Waals surface area contributed by atoms with E-state index in [2.05, 4.69) is 49.5 Å². The fourth-order valence-electron chi connectivity index (χ4n) is 2.31. The Morgan fingerprint density at radius 1 is 1.10 bits per heavy atom. The molecule has 102 valence electrons. The Kier molecular flexibility index (Phi) is 4.79. The summed E-state index contributed by atoms with van der Waals surface area (Å²) in [6.45, 7) is 4.34. The van der Waals surface area contributed by atoms with Gasteiger partial charge in [0.2, 0.25) is 0 Å². The lowest BCUT2D eigenvalue weighted by atomic mass is 10.0. The van der Waals surface area contributed by atoms with Crippen molar-refractivity contribution in [2.75, 3.05) is 5.32 Å². The molecule has 0 fully saturated rings. The highest BCUT2D eigenvalue weighted by Crippen LogP contribution is 2.23. The molecule has 0 amide bonds. The van der Waals surface area contributed by atoms with E-state index in [1.54, 1.807) is 0 Å². The molecule has 1 atom stereocenters. The minimum absolute atomic E-state index is 0.223. The maximum atomic E-state index is 8.83. The van der Waals surface area contributed by atoms with E-state index in [1.165, 1.54) is 16.8 Å². The molecule has 0 aliphatic heterocycles. The van der Waals surface area contributed by atoms with Crippen LogP contribution in [0.4, 0.5) is 5.69 Å². The molecule has 0 heterocycles. The molecule has 0 aromatic heterocycles. The molecule has 2 heteroatoms. The molecule has 0 spiro atoms. The van der Waals surface area contributed by atoms with Crippen molar-refractivity contribution in [2.45, 2.75) is 32.7 Å². The summed E-state index contributed by atoms with van der Waals surface area (Å²) in [5, 5.41) is 12.4. The summed E-state index contributed by atoms with van der Waals surface area (Å²) < 4.78 is 0. The molecular weight excluding hydrogens is 244 g/mol. The predicted octanol–water partition coefficient (Wildman–Crippen LogP) is 4.68. The van der Waals surface area contributed by atoms with Crippen molar-refractivity contribution in [1.82, 2.24) is 0 Å². The second-order valence-corrected chi connectivity index (χ2v) is 5.01. The average molecular weight is 264 g/mol. The van der Waals surface area contributed by atoms with E-state index in [0.717, 1.165) is 12.8 Å². The third kappa shape index (κ3) is 3.39. The van der Waals surface area contributed by atoms with Crippen LogP contribution in [0.15, 0.2) is 48.5 Å². The lowest BCUT2D eigenvalue weighted by Crippen LogP contribution is -2.08. The maximum Gasteiger partial charge on any atom is 0.0991 e. The van der Waals surface area contributed by atoms with Crippen LogP contribution in [0.5, 0.6) is 0 Å². The molecular formula is C18H20N2. The number of hydrogen-bond acceptors (Lipinski definition) is 2. The van der Waals surface area contributed by atoms with Crippen LogP contribution in [0.2, 0.25) is 0 Å².